The Kier molecular flexibility index (Phi) is 10.5. The van der Waals surface area contributed by atoms with Crippen molar-refractivity contribution >= 4 is 46.5 Å². The van der Waals surface area contributed by atoms with E-state index in [0.717, 1.165) is 22.5 Å². The van der Waals surface area contributed by atoms with Gasteiger partial charge in [0, 0.05) is 82.2 Å². The van der Waals surface area contributed by atoms with E-state index in [1.165, 1.54) is 0 Å². The molecule has 57 heavy (non-hydrogen) atoms. The molecule has 8 aromatic rings. The molecule has 13 heteroatoms. The molecule has 0 atom stereocenters. The van der Waals surface area contributed by atoms with Crippen LogP contribution in [0.2, 0.25) is 0 Å². The van der Waals surface area contributed by atoms with Crippen LogP contribution in [0.4, 0.5) is 34.6 Å². The largest absolute Gasteiger partial charge is 0.457 e. The highest BCUT2D eigenvalue weighted by molar-refractivity contribution is 6.05. The highest BCUT2D eigenvalue weighted by atomic mass is 16.5. The Hall–Kier alpha value is -8.32. The van der Waals surface area contributed by atoms with E-state index in [0.29, 0.717) is 57.3 Å². The number of hydrogen-bond acceptors (Lipinski definition) is 11. The van der Waals surface area contributed by atoms with E-state index < -0.39 is 0 Å². The number of rotatable bonds is 12. The molecule has 0 bridgehead atoms. The summed E-state index contributed by atoms with van der Waals surface area (Å²) in [6, 6.07) is 39.3. The van der Waals surface area contributed by atoms with Crippen LogP contribution in [0.3, 0.4) is 0 Å². The summed E-state index contributed by atoms with van der Waals surface area (Å²) in [5, 5.41) is 12.2. The first-order valence-corrected chi connectivity index (χ1v) is 17.7. The monoisotopic (exact) mass is 748 g/mol. The number of nitrogens with zero attached hydrogens (tertiary/aromatic N) is 6. The lowest BCUT2D eigenvalue weighted by Crippen LogP contribution is -2.12. The number of anilines is 6. The lowest BCUT2D eigenvalue weighted by Gasteiger charge is -2.11. The number of amides is 2. The van der Waals surface area contributed by atoms with Crippen LogP contribution in [0, 0.1) is 0 Å². The molecule has 8 rings (SSSR count). The molecule has 0 saturated heterocycles. The Balaban J connectivity index is 0.838. The normalized spacial score (nSPS) is 10.6. The number of aromatic nitrogens is 6. The quantitative estimate of drug-likeness (QED) is 0.0940. The first-order valence-electron chi connectivity index (χ1n) is 17.7. The van der Waals surface area contributed by atoms with Crippen LogP contribution in [0.25, 0.3) is 22.5 Å². The van der Waals surface area contributed by atoms with Crippen molar-refractivity contribution in [1.29, 1.82) is 0 Å². The van der Waals surface area contributed by atoms with Crippen LogP contribution < -0.4 is 26.0 Å². The lowest BCUT2D eigenvalue weighted by atomic mass is 10.2. The molecule has 0 aliphatic rings. The molecule has 0 aliphatic heterocycles. The van der Waals surface area contributed by atoms with Crippen LogP contribution in [0.1, 0.15) is 20.7 Å². The Morgan fingerprint density at radius 2 is 0.895 bits per heavy atom. The van der Waals surface area contributed by atoms with Crippen molar-refractivity contribution in [3.63, 3.8) is 0 Å². The van der Waals surface area contributed by atoms with Crippen molar-refractivity contribution in [2.75, 3.05) is 21.3 Å². The van der Waals surface area contributed by atoms with E-state index in [2.05, 4.69) is 51.2 Å². The number of nitrogens with one attached hydrogen (secondary N) is 4. The molecule has 276 valence electrons. The van der Waals surface area contributed by atoms with Gasteiger partial charge in [-0.3, -0.25) is 19.6 Å². The van der Waals surface area contributed by atoms with Gasteiger partial charge >= 0.3 is 0 Å². The molecular weight excluding hydrogens is 717 g/mol. The summed E-state index contributed by atoms with van der Waals surface area (Å²) in [6.45, 7) is 0. The highest BCUT2D eigenvalue weighted by Crippen LogP contribution is 2.26. The van der Waals surface area contributed by atoms with Crippen molar-refractivity contribution in [2.24, 2.45) is 0 Å². The molecule has 4 aromatic heterocycles. The molecule has 0 saturated carbocycles. The van der Waals surface area contributed by atoms with Gasteiger partial charge in [0.2, 0.25) is 11.9 Å². The minimum atomic E-state index is -0.284. The summed E-state index contributed by atoms with van der Waals surface area (Å²) in [6.07, 6.45) is 10.2. The van der Waals surface area contributed by atoms with Crippen LogP contribution >= 0.6 is 0 Å². The van der Waals surface area contributed by atoms with Gasteiger partial charge in [-0.1, -0.05) is 12.1 Å². The van der Waals surface area contributed by atoms with Crippen molar-refractivity contribution in [2.45, 2.75) is 0 Å². The van der Waals surface area contributed by atoms with Crippen molar-refractivity contribution in [3.8, 4) is 34.0 Å². The molecule has 0 unspecified atom stereocenters. The van der Waals surface area contributed by atoms with Crippen molar-refractivity contribution in [1.82, 2.24) is 29.9 Å². The van der Waals surface area contributed by atoms with Gasteiger partial charge in [0.05, 0.1) is 11.4 Å². The standard InChI is InChI=1S/C44H32N10O3/c55-41(49-33-7-1-9-35(25-33)51-43-47-23-19-39(53-43)31-5-3-21-45-27-31)29-11-15-37(16-12-29)57-38-17-13-30(14-18-38)42(56)50-34-8-2-10-36(26-34)52-44-48-24-20-40(54-44)32-6-4-22-46-28-32/h1-28H,(H,49,55)(H,50,56)(H,47,51,53)(H,48,52,54). The zero-order valence-electron chi connectivity index (χ0n) is 30.1. The predicted octanol–water partition coefficient (Wildman–Crippen LogP) is 9.17. The van der Waals surface area contributed by atoms with Crippen LogP contribution in [-0.2, 0) is 0 Å². The Morgan fingerprint density at radius 3 is 1.32 bits per heavy atom. The van der Waals surface area contributed by atoms with Crippen molar-refractivity contribution in [3.05, 3.63) is 182 Å². The summed E-state index contributed by atoms with van der Waals surface area (Å²) < 4.78 is 5.99. The third-order valence-corrected chi connectivity index (χ3v) is 8.45. The average molecular weight is 749 g/mol. The van der Waals surface area contributed by atoms with Gasteiger partial charge in [-0.25, -0.2) is 19.9 Å². The maximum atomic E-state index is 13.1. The minimum Gasteiger partial charge on any atom is -0.457 e. The van der Waals surface area contributed by atoms with Crippen LogP contribution in [0.5, 0.6) is 11.5 Å². The minimum absolute atomic E-state index is 0.284. The summed E-state index contributed by atoms with van der Waals surface area (Å²) in [4.78, 5) is 52.3. The molecule has 0 spiro atoms. The van der Waals surface area contributed by atoms with Gasteiger partial charge in [0.25, 0.3) is 11.8 Å². The fourth-order valence-electron chi connectivity index (χ4n) is 5.69. The Morgan fingerprint density at radius 1 is 0.456 bits per heavy atom. The Labute approximate surface area is 327 Å². The topological polar surface area (TPSA) is 169 Å². The van der Waals surface area contributed by atoms with Gasteiger partial charge in [0.1, 0.15) is 11.5 Å². The third kappa shape index (κ3) is 9.26. The molecule has 0 aliphatic carbocycles. The maximum absolute atomic E-state index is 13.1. The van der Waals surface area contributed by atoms with Gasteiger partial charge in [-0.15, -0.1) is 0 Å². The number of hydrogen-bond donors (Lipinski definition) is 4. The second-order valence-corrected chi connectivity index (χ2v) is 12.5. The number of ether oxygens (including phenoxy) is 1. The summed E-state index contributed by atoms with van der Waals surface area (Å²) in [5.74, 6) is 1.33. The highest BCUT2D eigenvalue weighted by Gasteiger charge is 2.11. The number of carbonyl (C=O) groups excluding carboxylic acids is 2. The molecular formula is C44H32N10O3. The molecule has 4 heterocycles. The molecule has 13 nitrogen and oxygen atoms in total. The fraction of sp³-hybridized carbons (Fsp3) is 0. The van der Waals surface area contributed by atoms with Gasteiger partial charge in [-0.05, 0) is 121 Å². The van der Waals surface area contributed by atoms with E-state index in [-0.39, 0.29) is 11.8 Å². The number of benzene rings is 4. The summed E-state index contributed by atoms with van der Waals surface area (Å²) >= 11 is 0. The first-order chi connectivity index (χ1) is 28.0. The van der Waals surface area contributed by atoms with E-state index in [1.807, 2.05) is 60.7 Å². The molecule has 4 aromatic carbocycles. The van der Waals surface area contributed by atoms with Gasteiger partial charge in [-0.2, -0.15) is 0 Å². The second kappa shape index (κ2) is 16.8. The number of pyridine rings is 2. The second-order valence-electron chi connectivity index (χ2n) is 12.5. The van der Waals surface area contributed by atoms with E-state index in [9.17, 15) is 9.59 Å². The summed E-state index contributed by atoms with van der Waals surface area (Å²) in [7, 11) is 0. The summed E-state index contributed by atoms with van der Waals surface area (Å²) in [5.41, 5.74) is 6.74. The predicted molar refractivity (Wildman–Crippen MR) is 219 cm³/mol. The van der Waals surface area contributed by atoms with Crippen molar-refractivity contribution < 1.29 is 14.3 Å². The average Bonchev–Trinajstić information content (AvgIpc) is 3.25. The van der Waals surface area contributed by atoms with E-state index in [4.69, 9.17) is 4.74 Å². The van der Waals surface area contributed by atoms with E-state index in [1.54, 1.807) is 110 Å². The smallest absolute Gasteiger partial charge is 0.255 e. The lowest BCUT2D eigenvalue weighted by molar-refractivity contribution is 0.101. The van der Waals surface area contributed by atoms with E-state index >= 15 is 0 Å². The van der Waals surface area contributed by atoms with Crippen LogP contribution in [-0.4, -0.2) is 41.7 Å². The molecule has 0 radical (unpaired) electrons. The zero-order chi connectivity index (χ0) is 38.8. The fourth-order valence-corrected chi connectivity index (χ4v) is 5.69. The first kappa shape index (κ1) is 35.7. The SMILES string of the molecule is O=C(Nc1cccc(Nc2nccc(-c3cccnc3)n2)c1)c1ccc(Oc2ccc(C(=O)Nc3cccc(Nc4nccc(-c5cccnc5)n4)c3)cc2)cc1. The van der Waals surface area contributed by atoms with Gasteiger partial charge in [0.15, 0.2) is 0 Å². The molecule has 0 fully saturated rings. The number of carbonyl (C=O) groups is 2. The Bertz CT molecular complexity index is 2460. The molecule has 2 amide bonds. The maximum Gasteiger partial charge on any atom is 0.255 e. The molecule has 4 N–H and O–H groups in total. The third-order valence-electron chi connectivity index (χ3n) is 8.45. The van der Waals surface area contributed by atoms with Gasteiger partial charge < -0.3 is 26.0 Å². The van der Waals surface area contributed by atoms with Crippen LogP contribution in [0.15, 0.2) is 171 Å². The zero-order valence-corrected chi connectivity index (χ0v) is 30.1.